The summed E-state index contributed by atoms with van der Waals surface area (Å²) in [6, 6.07) is 7.38. The molecule has 0 fully saturated rings. The standard InChI is InChI=1S/C17H13IN2O2S/c18-11-6-4-10(5-7-11)13(21)8-20-9-19-16-15(17(20)22)12-2-1-3-14(12)23-16/h4-7,9H,1-3,8H2. The van der Waals surface area contributed by atoms with Gasteiger partial charge in [-0.25, -0.2) is 4.98 Å². The van der Waals surface area contributed by atoms with Crippen LogP contribution in [0.25, 0.3) is 10.2 Å². The minimum atomic E-state index is -0.0896. The number of aromatic nitrogens is 2. The van der Waals surface area contributed by atoms with E-state index in [-0.39, 0.29) is 17.9 Å². The van der Waals surface area contributed by atoms with Gasteiger partial charge < -0.3 is 0 Å². The molecule has 0 radical (unpaired) electrons. The number of thiophene rings is 1. The summed E-state index contributed by atoms with van der Waals surface area (Å²) in [5.74, 6) is -0.0727. The van der Waals surface area contributed by atoms with Crippen molar-refractivity contribution in [1.82, 2.24) is 9.55 Å². The lowest BCUT2D eigenvalue weighted by atomic mass is 10.1. The fraction of sp³-hybridized carbons (Fsp3) is 0.235. The number of rotatable bonds is 3. The zero-order chi connectivity index (χ0) is 16.0. The third kappa shape index (κ3) is 2.63. The van der Waals surface area contributed by atoms with E-state index < -0.39 is 0 Å². The first kappa shape index (κ1) is 15.0. The highest BCUT2D eigenvalue weighted by Gasteiger charge is 2.21. The van der Waals surface area contributed by atoms with Crippen molar-refractivity contribution in [2.24, 2.45) is 0 Å². The van der Waals surface area contributed by atoms with E-state index in [4.69, 9.17) is 0 Å². The van der Waals surface area contributed by atoms with Crippen LogP contribution < -0.4 is 5.56 Å². The van der Waals surface area contributed by atoms with Gasteiger partial charge >= 0.3 is 0 Å². The fourth-order valence-corrected chi connectivity index (χ4v) is 4.59. The molecule has 3 aromatic rings. The number of Topliss-reactive ketones (excluding diaryl/α,β-unsaturated/α-hetero) is 1. The van der Waals surface area contributed by atoms with Gasteiger partial charge in [-0.2, -0.15) is 0 Å². The molecule has 0 saturated heterocycles. The summed E-state index contributed by atoms with van der Waals surface area (Å²) in [5.41, 5.74) is 1.68. The van der Waals surface area contributed by atoms with E-state index in [2.05, 4.69) is 27.6 Å². The van der Waals surface area contributed by atoms with Gasteiger partial charge in [0.2, 0.25) is 0 Å². The van der Waals surface area contributed by atoms with Crippen LogP contribution in [0.2, 0.25) is 0 Å². The van der Waals surface area contributed by atoms with Crippen LogP contribution in [0.15, 0.2) is 35.4 Å². The number of carbonyl (C=O) groups excluding carboxylic acids is 1. The van der Waals surface area contributed by atoms with Crippen LogP contribution in [-0.2, 0) is 19.4 Å². The summed E-state index contributed by atoms with van der Waals surface area (Å²) >= 11 is 3.81. The van der Waals surface area contributed by atoms with Crippen molar-refractivity contribution in [1.29, 1.82) is 0 Å². The number of fused-ring (bicyclic) bond motifs is 3. The summed E-state index contributed by atoms with van der Waals surface area (Å²) in [5, 5.41) is 0.723. The third-order valence-corrected chi connectivity index (χ3v) is 6.09. The van der Waals surface area contributed by atoms with Gasteiger partial charge in [-0.15, -0.1) is 11.3 Å². The normalized spacial score (nSPS) is 13.4. The largest absolute Gasteiger partial charge is 0.292 e. The summed E-state index contributed by atoms with van der Waals surface area (Å²) < 4.78 is 2.52. The van der Waals surface area contributed by atoms with Crippen LogP contribution in [0.1, 0.15) is 27.2 Å². The number of hydrogen-bond acceptors (Lipinski definition) is 4. The second kappa shape index (κ2) is 5.83. The molecule has 0 bridgehead atoms. The number of benzene rings is 1. The molecule has 1 aliphatic rings. The van der Waals surface area contributed by atoms with Crippen molar-refractivity contribution < 1.29 is 4.79 Å². The molecule has 0 unspecified atom stereocenters. The van der Waals surface area contributed by atoms with Crippen molar-refractivity contribution in [3.8, 4) is 0 Å². The number of carbonyl (C=O) groups is 1. The molecule has 0 saturated carbocycles. The molecule has 23 heavy (non-hydrogen) atoms. The van der Waals surface area contributed by atoms with Gasteiger partial charge in [-0.3, -0.25) is 14.2 Å². The Balaban J connectivity index is 1.72. The van der Waals surface area contributed by atoms with E-state index >= 15 is 0 Å². The average Bonchev–Trinajstić information content (AvgIpc) is 3.11. The molecule has 1 aliphatic carbocycles. The maximum absolute atomic E-state index is 12.7. The Labute approximate surface area is 150 Å². The summed E-state index contributed by atoms with van der Waals surface area (Å²) in [6.45, 7) is 0.0347. The van der Waals surface area contributed by atoms with Crippen molar-refractivity contribution in [3.05, 3.63) is 60.5 Å². The first-order valence-corrected chi connectivity index (χ1v) is 9.31. The Morgan fingerprint density at radius 1 is 1.26 bits per heavy atom. The van der Waals surface area contributed by atoms with Gasteiger partial charge in [0.1, 0.15) is 4.83 Å². The number of hydrogen-bond donors (Lipinski definition) is 0. The average molecular weight is 436 g/mol. The zero-order valence-electron chi connectivity index (χ0n) is 12.2. The summed E-state index contributed by atoms with van der Waals surface area (Å²) in [7, 11) is 0. The summed E-state index contributed by atoms with van der Waals surface area (Å²) in [6.07, 6.45) is 4.59. The van der Waals surface area contributed by atoms with Crippen molar-refractivity contribution in [2.45, 2.75) is 25.8 Å². The third-order valence-electron chi connectivity index (χ3n) is 4.17. The molecule has 4 nitrogen and oxygen atoms in total. The maximum Gasteiger partial charge on any atom is 0.262 e. The van der Waals surface area contributed by atoms with Crippen molar-refractivity contribution in [3.63, 3.8) is 0 Å². The van der Waals surface area contributed by atoms with Crippen LogP contribution >= 0.6 is 33.9 Å². The molecule has 1 aromatic carbocycles. The van der Waals surface area contributed by atoms with E-state index in [0.29, 0.717) is 5.56 Å². The van der Waals surface area contributed by atoms with Crippen LogP contribution in [0.3, 0.4) is 0 Å². The van der Waals surface area contributed by atoms with Gasteiger partial charge in [-0.05, 0) is 59.5 Å². The fourth-order valence-electron chi connectivity index (χ4n) is 3.01. The molecule has 2 aromatic heterocycles. The van der Waals surface area contributed by atoms with Gasteiger partial charge in [0.05, 0.1) is 18.3 Å². The molecule has 0 spiro atoms. The van der Waals surface area contributed by atoms with Crippen molar-refractivity contribution in [2.75, 3.05) is 0 Å². The highest BCUT2D eigenvalue weighted by Crippen LogP contribution is 2.34. The Hall–Kier alpha value is -1.54. The zero-order valence-corrected chi connectivity index (χ0v) is 15.2. The lowest BCUT2D eigenvalue weighted by molar-refractivity contribution is 0.0970. The molecular weight excluding hydrogens is 423 g/mol. The Kier molecular flexibility index (Phi) is 3.81. The monoisotopic (exact) mass is 436 g/mol. The predicted molar refractivity (Wildman–Crippen MR) is 99.4 cm³/mol. The van der Waals surface area contributed by atoms with E-state index in [1.165, 1.54) is 15.8 Å². The molecule has 2 heterocycles. The smallest absolute Gasteiger partial charge is 0.262 e. The molecule has 116 valence electrons. The van der Waals surface area contributed by atoms with Crippen LogP contribution in [0, 0.1) is 3.57 Å². The van der Waals surface area contributed by atoms with E-state index in [1.807, 2.05) is 12.1 Å². The number of ketones is 1. The Bertz CT molecular complexity index is 973. The number of nitrogens with zero attached hydrogens (tertiary/aromatic N) is 2. The number of aryl methyl sites for hydroxylation is 2. The van der Waals surface area contributed by atoms with Crippen LogP contribution in [0.5, 0.6) is 0 Å². The minimum Gasteiger partial charge on any atom is -0.292 e. The highest BCUT2D eigenvalue weighted by atomic mass is 127. The topological polar surface area (TPSA) is 52.0 Å². The lowest BCUT2D eigenvalue weighted by Crippen LogP contribution is -2.24. The number of halogens is 1. The predicted octanol–water partition coefficient (Wildman–Crippen LogP) is 3.43. The van der Waals surface area contributed by atoms with Gasteiger partial charge in [0.25, 0.3) is 5.56 Å². The minimum absolute atomic E-state index is 0.0347. The van der Waals surface area contributed by atoms with Gasteiger partial charge in [0.15, 0.2) is 5.78 Å². The molecule has 0 atom stereocenters. The van der Waals surface area contributed by atoms with E-state index in [1.54, 1.807) is 23.5 Å². The van der Waals surface area contributed by atoms with Gasteiger partial charge in [0, 0.05) is 14.0 Å². The molecular formula is C17H13IN2O2S. The Morgan fingerprint density at radius 3 is 2.83 bits per heavy atom. The Morgan fingerprint density at radius 2 is 2.04 bits per heavy atom. The second-order valence-electron chi connectivity index (χ2n) is 5.65. The van der Waals surface area contributed by atoms with Crippen LogP contribution in [-0.4, -0.2) is 15.3 Å². The molecule has 0 aliphatic heterocycles. The molecule has 4 rings (SSSR count). The SMILES string of the molecule is O=C(Cn1cnc2sc3c(c2c1=O)CCC3)c1ccc(I)cc1. The molecule has 0 N–H and O–H groups in total. The lowest BCUT2D eigenvalue weighted by Gasteiger charge is -2.05. The van der Waals surface area contributed by atoms with E-state index in [0.717, 1.165) is 38.6 Å². The highest BCUT2D eigenvalue weighted by molar-refractivity contribution is 14.1. The molecule has 0 amide bonds. The quantitative estimate of drug-likeness (QED) is 0.467. The first-order chi connectivity index (χ1) is 11.1. The maximum atomic E-state index is 12.7. The first-order valence-electron chi connectivity index (χ1n) is 7.42. The van der Waals surface area contributed by atoms with Gasteiger partial charge in [-0.1, -0.05) is 12.1 Å². The summed E-state index contributed by atoms with van der Waals surface area (Å²) in [4.78, 5) is 31.6. The second-order valence-corrected chi connectivity index (χ2v) is 7.97. The molecule has 6 heteroatoms. The van der Waals surface area contributed by atoms with Crippen LogP contribution in [0.4, 0.5) is 0 Å². The van der Waals surface area contributed by atoms with E-state index in [9.17, 15) is 9.59 Å². The van der Waals surface area contributed by atoms with Crippen molar-refractivity contribution >= 4 is 49.9 Å².